The lowest BCUT2D eigenvalue weighted by Gasteiger charge is -2.18. The Labute approximate surface area is 221 Å². The third-order valence-electron chi connectivity index (χ3n) is 5.76. The van der Waals surface area contributed by atoms with Crippen LogP contribution in [0.15, 0.2) is 89.4 Å². The fraction of sp³-hybridized carbons (Fsp3) is 0.148. The van der Waals surface area contributed by atoms with E-state index in [9.17, 15) is 19.7 Å². The zero-order valence-corrected chi connectivity index (χ0v) is 21.5. The molecule has 0 saturated carbocycles. The van der Waals surface area contributed by atoms with Crippen molar-refractivity contribution in [2.24, 2.45) is 0 Å². The molecule has 37 heavy (non-hydrogen) atoms. The highest BCUT2D eigenvalue weighted by Crippen LogP contribution is 2.23. The van der Waals surface area contributed by atoms with Gasteiger partial charge in [-0.3, -0.25) is 24.4 Å². The molecule has 2 N–H and O–H groups in total. The minimum atomic E-state index is -0.810. The Balaban J connectivity index is 1.66. The molecule has 0 fully saturated rings. The number of nitrogens with zero attached hydrogens (tertiary/aromatic N) is 3. The fourth-order valence-corrected chi connectivity index (χ4v) is 4.33. The predicted octanol–water partition coefficient (Wildman–Crippen LogP) is 4.36. The summed E-state index contributed by atoms with van der Waals surface area (Å²) in [6.07, 6.45) is 0.298. The molecule has 0 radical (unpaired) electrons. The smallest absolute Gasteiger partial charge is 0.270 e. The number of hydrogen-bond donors (Lipinski definition) is 2. The van der Waals surface area contributed by atoms with Gasteiger partial charge in [-0.1, -0.05) is 58.4 Å². The molecular weight excluding hydrogens is 538 g/mol. The van der Waals surface area contributed by atoms with Crippen LogP contribution in [0.5, 0.6) is 0 Å². The standard InChI is InChI=1S/C27H24BrN5O4/c1-29-26(34)24(15-19-8-5-9-21(28)14-19)30-27(35)25-16-23(20-10-12-22(13-11-20)33(36)37)31-32(25)17-18-6-3-2-4-7-18/h2-14,16,24H,15,17H2,1H3,(H,29,34)(H,30,35)/t24-/m0/s1. The molecule has 0 bridgehead atoms. The number of halogens is 1. The topological polar surface area (TPSA) is 119 Å². The van der Waals surface area contributed by atoms with Gasteiger partial charge in [0.05, 0.1) is 17.2 Å². The number of rotatable bonds is 9. The van der Waals surface area contributed by atoms with Crippen molar-refractivity contribution in [3.05, 3.63) is 116 Å². The van der Waals surface area contributed by atoms with Crippen molar-refractivity contribution in [3.63, 3.8) is 0 Å². The van der Waals surface area contributed by atoms with Crippen molar-refractivity contribution in [3.8, 4) is 11.3 Å². The highest BCUT2D eigenvalue weighted by molar-refractivity contribution is 9.10. The number of carbonyl (C=O) groups is 2. The van der Waals surface area contributed by atoms with Gasteiger partial charge < -0.3 is 10.6 Å². The number of nitro groups is 1. The minimum Gasteiger partial charge on any atom is -0.357 e. The molecule has 3 aromatic carbocycles. The number of nitrogens with one attached hydrogen (secondary N) is 2. The number of aromatic nitrogens is 2. The molecule has 4 aromatic rings. The Morgan fingerprint density at radius 2 is 1.70 bits per heavy atom. The summed E-state index contributed by atoms with van der Waals surface area (Å²) in [7, 11) is 1.52. The van der Waals surface area contributed by atoms with E-state index in [0.717, 1.165) is 15.6 Å². The second kappa shape index (κ2) is 11.6. The van der Waals surface area contributed by atoms with Gasteiger partial charge in [0.1, 0.15) is 11.7 Å². The van der Waals surface area contributed by atoms with Gasteiger partial charge in [-0.05, 0) is 41.5 Å². The Morgan fingerprint density at radius 3 is 2.35 bits per heavy atom. The van der Waals surface area contributed by atoms with Crippen molar-refractivity contribution >= 4 is 33.4 Å². The quantitative estimate of drug-likeness (QED) is 0.232. The van der Waals surface area contributed by atoms with E-state index in [-0.39, 0.29) is 17.3 Å². The summed E-state index contributed by atoms with van der Waals surface area (Å²) >= 11 is 3.44. The summed E-state index contributed by atoms with van der Waals surface area (Å²) in [6, 6.07) is 23.9. The van der Waals surface area contributed by atoms with Gasteiger partial charge in [0.15, 0.2) is 0 Å². The maximum Gasteiger partial charge on any atom is 0.270 e. The zero-order chi connectivity index (χ0) is 26.4. The fourth-order valence-electron chi connectivity index (χ4n) is 3.89. The largest absolute Gasteiger partial charge is 0.357 e. The Morgan fingerprint density at radius 1 is 1.00 bits per heavy atom. The van der Waals surface area contributed by atoms with Gasteiger partial charge in [-0.15, -0.1) is 0 Å². The first-order valence-electron chi connectivity index (χ1n) is 11.5. The lowest BCUT2D eigenvalue weighted by atomic mass is 10.0. The lowest BCUT2D eigenvalue weighted by molar-refractivity contribution is -0.384. The van der Waals surface area contributed by atoms with Crippen molar-refractivity contribution in [2.45, 2.75) is 19.0 Å². The van der Waals surface area contributed by atoms with Gasteiger partial charge >= 0.3 is 0 Å². The first-order chi connectivity index (χ1) is 17.8. The first-order valence-corrected chi connectivity index (χ1v) is 12.3. The zero-order valence-electron chi connectivity index (χ0n) is 19.9. The van der Waals surface area contributed by atoms with Crippen molar-refractivity contribution < 1.29 is 14.5 Å². The van der Waals surface area contributed by atoms with Gasteiger partial charge in [-0.25, -0.2) is 0 Å². The van der Waals surface area contributed by atoms with Crippen LogP contribution in [0.4, 0.5) is 5.69 Å². The molecule has 0 saturated heterocycles. The molecule has 0 unspecified atom stereocenters. The van der Waals surface area contributed by atoms with Crippen molar-refractivity contribution in [2.75, 3.05) is 7.05 Å². The molecule has 9 nitrogen and oxygen atoms in total. The Kier molecular flexibility index (Phi) is 8.09. The van der Waals surface area contributed by atoms with E-state index < -0.39 is 16.9 Å². The lowest BCUT2D eigenvalue weighted by Crippen LogP contribution is -2.47. The van der Waals surface area contributed by atoms with Crippen LogP contribution in [0.25, 0.3) is 11.3 Å². The number of amides is 2. The average molecular weight is 562 g/mol. The highest BCUT2D eigenvalue weighted by atomic mass is 79.9. The number of carbonyl (C=O) groups excluding carboxylic acids is 2. The molecule has 1 aromatic heterocycles. The molecular formula is C27H24BrN5O4. The molecule has 1 atom stereocenters. The Hall–Kier alpha value is -4.31. The molecule has 0 aliphatic carbocycles. The molecule has 0 aliphatic rings. The molecule has 4 rings (SSSR count). The second-order valence-corrected chi connectivity index (χ2v) is 9.25. The number of hydrogen-bond acceptors (Lipinski definition) is 5. The van der Waals surface area contributed by atoms with Gasteiger partial charge in [-0.2, -0.15) is 5.10 Å². The summed E-state index contributed by atoms with van der Waals surface area (Å²) in [4.78, 5) is 36.7. The van der Waals surface area contributed by atoms with E-state index in [1.54, 1.807) is 22.9 Å². The first kappa shape index (κ1) is 25.8. The highest BCUT2D eigenvalue weighted by Gasteiger charge is 2.24. The van der Waals surface area contributed by atoms with Crippen LogP contribution >= 0.6 is 15.9 Å². The predicted molar refractivity (Wildman–Crippen MR) is 143 cm³/mol. The Bertz CT molecular complexity index is 1420. The van der Waals surface area contributed by atoms with Crippen LogP contribution in [0, 0.1) is 10.1 Å². The summed E-state index contributed by atoms with van der Waals surface area (Å²) in [5.74, 6) is -0.779. The molecule has 1 heterocycles. The van der Waals surface area contributed by atoms with Gasteiger partial charge in [0.2, 0.25) is 5.91 Å². The van der Waals surface area contributed by atoms with Crippen LogP contribution in [0.3, 0.4) is 0 Å². The number of nitro benzene ring substituents is 1. The van der Waals surface area contributed by atoms with Crippen molar-refractivity contribution in [1.82, 2.24) is 20.4 Å². The molecule has 0 spiro atoms. The van der Waals surface area contributed by atoms with Gasteiger partial charge in [0.25, 0.3) is 11.6 Å². The third-order valence-corrected chi connectivity index (χ3v) is 6.25. The van der Waals surface area contributed by atoms with E-state index in [4.69, 9.17) is 0 Å². The average Bonchev–Trinajstić information content (AvgIpc) is 3.32. The van der Waals surface area contributed by atoms with Crippen LogP contribution in [-0.2, 0) is 17.8 Å². The monoisotopic (exact) mass is 561 g/mol. The summed E-state index contributed by atoms with van der Waals surface area (Å²) in [6.45, 7) is 0.326. The van der Waals surface area contributed by atoms with Crippen LogP contribution in [0.1, 0.15) is 21.6 Å². The van der Waals surface area contributed by atoms with Crippen LogP contribution < -0.4 is 10.6 Å². The summed E-state index contributed by atoms with van der Waals surface area (Å²) < 4.78 is 2.45. The molecule has 0 aliphatic heterocycles. The second-order valence-electron chi connectivity index (χ2n) is 8.34. The van der Waals surface area contributed by atoms with E-state index >= 15 is 0 Å². The van der Waals surface area contributed by atoms with E-state index in [1.807, 2.05) is 54.6 Å². The molecule has 2 amide bonds. The maximum absolute atomic E-state index is 13.5. The number of likely N-dealkylation sites (N-methyl/N-ethyl adjacent to an activating group) is 1. The van der Waals surface area contributed by atoms with E-state index in [1.165, 1.54) is 19.2 Å². The van der Waals surface area contributed by atoms with Gasteiger partial charge in [0, 0.05) is 35.6 Å². The SMILES string of the molecule is CNC(=O)[C@H](Cc1cccc(Br)c1)NC(=O)c1cc(-c2ccc([N+](=O)[O-])cc2)nn1Cc1ccccc1. The molecule has 188 valence electrons. The van der Waals surface area contributed by atoms with E-state index in [0.29, 0.717) is 24.2 Å². The van der Waals surface area contributed by atoms with Crippen molar-refractivity contribution in [1.29, 1.82) is 0 Å². The molecule has 10 heteroatoms. The third kappa shape index (κ3) is 6.47. The van der Waals surface area contributed by atoms with Crippen LogP contribution in [0.2, 0.25) is 0 Å². The number of non-ortho nitro benzene ring substituents is 1. The summed E-state index contributed by atoms with van der Waals surface area (Å²) in [5.41, 5.74) is 3.16. The minimum absolute atomic E-state index is 0.0357. The summed E-state index contributed by atoms with van der Waals surface area (Å²) in [5, 5.41) is 21.1. The van der Waals surface area contributed by atoms with Crippen LogP contribution in [-0.4, -0.2) is 39.6 Å². The number of benzene rings is 3. The normalized spacial score (nSPS) is 11.5. The van der Waals surface area contributed by atoms with E-state index in [2.05, 4.69) is 31.7 Å². The maximum atomic E-state index is 13.5.